The second-order valence-corrected chi connectivity index (χ2v) is 3.32. The molecule has 1 aromatic carbocycles. The minimum atomic E-state index is 0.132. The van der Waals surface area contributed by atoms with Gasteiger partial charge in [0.05, 0.1) is 5.57 Å². The fourth-order valence-electron chi connectivity index (χ4n) is 1.14. The molecule has 0 amide bonds. The molecule has 3 nitrogen and oxygen atoms in total. The maximum absolute atomic E-state index is 10.4. The van der Waals surface area contributed by atoms with E-state index in [9.17, 15) is 4.79 Å². The topological polar surface area (TPSA) is 44.1 Å². The van der Waals surface area contributed by atoms with E-state index in [1.165, 1.54) is 0 Å². The van der Waals surface area contributed by atoms with E-state index in [-0.39, 0.29) is 5.57 Å². The number of carbonyl (C=O) groups is 1. The van der Waals surface area contributed by atoms with Gasteiger partial charge in [-0.25, -0.2) is 0 Å². The van der Waals surface area contributed by atoms with Crippen molar-refractivity contribution >= 4 is 18.0 Å². The van der Waals surface area contributed by atoms with E-state index in [0.29, 0.717) is 6.29 Å². The molecule has 0 unspecified atom stereocenters. The number of hydrogen-bond donors (Lipinski definition) is 0. The fourth-order valence-corrected chi connectivity index (χ4v) is 1.14. The Kier molecular flexibility index (Phi) is 3.64. The summed E-state index contributed by atoms with van der Waals surface area (Å²) in [6.45, 7) is 0. The molecule has 0 radical (unpaired) electrons. The van der Waals surface area contributed by atoms with Crippen molar-refractivity contribution in [2.45, 2.75) is 0 Å². The summed E-state index contributed by atoms with van der Waals surface area (Å²) in [5, 5.41) is 8.57. The van der Waals surface area contributed by atoms with E-state index in [4.69, 9.17) is 5.26 Å². The highest BCUT2D eigenvalue weighted by Crippen LogP contribution is 2.13. The van der Waals surface area contributed by atoms with Crippen molar-refractivity contribution in [2.75, 3.05) is 19.0 Å². The van der Waals surface area contributed by atoms with Crippen LogP contribution in [0.3, 0.4) is 0 Å². The van der Waals surface area contributed by atoms with Crippen molar-refractivity contribution in [3.63, 3.8) is 0 Å². The molecule has 0 atom stereocenters. The molecule has 0 aliphatic carbocycles. The van der Waals surface area contributed by atoms with Gasteiger partial charge in [0.15, 0.2) is 6.29 Å². The first kappa shape index (κ1) is 11.0. The molecule has 0 fully saturated rings. The average molecular weight is 200 g/mol. The molecule has 0 bridgehead atoms. The molecule has 1 aromatic rings. The molecule has 0 N–H and O–H groups in total. The highest BCUT2D eigenvalue weighted by Gasteiger charge is 1.96. The van der Waals surface area contributed by atoms with Crippen LogP contribution in [0.15, 0.2) is 29.8 Å². The van der Waals surface area contributed by atoms with Crippen LogP contribution in [-0.2, 0) is 4.79 Å². The van der Waals surface area contributed by atoms with Gasteiger partial charge in [0.2, 0.25) is 0 Å². The van der Waals surface area contributed by atoms with Crippen LogP contribution in [0.25, 0.3) is 6.08 Å². The van der Waals surface area contributed by atoms with Gasteiger partial charge in [-0.2, -0.15) is 5.26 Å². The van der Waals surface area contributed by atoms with E-state index < -0.39 is 0 Å². The SMILES string of the molecule is CN(C)c1ccc(C=C(C#N)C=O)cc1. The predicted molar refractivity (Wildman–Crippen MR) is 60.4 cm³/mol. The average Bonchev–Trinajstić information content (AvgIpc) is 2.26. The van der Waals surface area contributed by atoms with Gasteiger partial charge in [0, 0.05) is 19.8 Å². The first-order valence-corrected chi connectivity index (χ1v) is 4.51. The van der Waals surface area contributed by atoms with Crippen LogP contribution < -0.4 is 4.90 Å². The number of rotatable bonds is 3. The zero-order valence-corrected chi connectivity index (χ0v) is 8.77. The van der Waals surface area contributed by atoms with Crippen LogP contribution in [0, 0.1) is 11.3 Å². The van der Waals surface area contributed by atoms with Gasteiger partial charge in [-0.05, 0) is 23.8 Å². The lowest BCUT2D eigenvalue weighted by Crippen LogP contribution is -2.07. The lowest BCUT2D eigenvalue weighted by atomic mass is 10.1. The molecule has 0 saturated heterocycles. The molecule has 0 aliphatic rings. The molecular weight excluding hydrogens is 188 g/mol. The molecular formula is C12H12N2O. The molecule has 76 valence electrons. The van der Waals surface area contributed by atoms with Gasteiger partial charge in [-0.3, -0.25) is 4.79 Å². The predicted octanol–water partition coefficient (Wildman–Crippen LogP) is 1.86. The van der Waals surface area contributed by atoms with Crippen molar-refractivity contribution in [1.29, 1.82) is 5.26 Å². The standard InChI is InChI=1S/C12H12N2O/c1-14(2)12-5-3-10(4-6-12)7-11(8-13)9-15/h3-7,9H,1-2H3. The maximum Gasteiger partial charge on any atom is 0.160 e. The van der Waals surface area contributed by atoms with Gasteiger partial charge in [-0.15, -0.1) is 0 Å². The van der Waals surface area contributed by atoms with E-state index in [0.717, 1.165) is 11.3 Å². The third-order valence-electron chi connectivity index (χ3n) is 1.99. The Bertz CT molecular complexity index is 410. The van der Waals surface area contributed by atoms with Gasteiger partial charge >= 0.3 is 0 Å². The van der Waals surface area contributed by atoms with Crippen molar-refractivity contribution in [3.8, 4) is 6.07 Å². The molecule has 0 saturated carbocycles. The van der Waals surface area contributed by atoms with Gasteiger partial charge in [0.25, 0.3) is 0 Å². The molecule has 0 aromatic heterocycles. The Labute approximate surface area is 89.2 Å². The van der Waals surface area contributed by atoms with Crippen LogP contribution in [0.4, 0.5) is 5.69 Å². The zero-order chi connectivity index (χ0) is 11.3. The number of nitriles is 1. The Balaban J connectivity index is 2.95. The van der Waals surface area contributed by atoms with Crippen LogP contribution in [-0.4, -0.2) is 20.4 Å². The lowest BCUT2D eigenvalue weighted by molar-refractivity contribution is -0.104. The summed E-state index contributed by atoms with van der Waals surface area (Å²) < 4.78 is 0. The number of benzene rings is 1. The second kappa shape index (κ2) is 4.97. The highest BCUT2D eigenvalue weighted by molar-refractivity contribution is 5.86. The lowest BCUT2D eigenvalue weighted by Gasteiger charge is -2.11. The first-order valence-electron chi connectivity index (χ1n) is 4.51. The Morgan fingerprint density at radius 2 is 1.93 bits per heavy atom. The Hall–Kier alpha value is -2.08. The number of aldehydes is 1. The number of carbonyl (C=O) groups excluding carboxylic acids is 1. The summed E-state index contributed by atoms with van der Waals surface area (Å²) in [5.74, 6) is 0. The summed E-state index contributed by atoms with van der Waals surface area (Å²) in [7, 11) is 3.91. The Morgan fingerprint density at radius 1 is 1.33 bits per heavy atom. The van der Waals surface area contributed by atoms with E-state index in [1.807, 2.05) is 49.3 Å². The second-order valence-electron chi connectivity index (χ2n) is 3.32. The normalized spacial score (nSPS) is 10.6. The third-order valence-corrected chi connectivity index (χ3v) is 1.99. The maximum atomic E-state index is 10.4. The van der Waals surface area contributed by atoms with Crippen LogP contribution in [0.2, 0.25) is 0 Å². The van der Waals surface area contributed by atoms with Crippen molar-refractivity contribution in [3.05, 3.63) is 35.4 Å². The van der Waals surface area contributed by atoms with E-state index in [2.05, 4.69) is 0 Å². The molecule has 1 rings (SSSR count). The van der Waals surface area contributed by atoms with Crippen molar-refractivity contribution < 1.29 is 4.79 Å². The number of nitrogens with zero attached hydrogens (tertiary/aromatic N) is 2. The quantitative estimate of drug-likeness (QED) is 0.425. The highest BCUT2D eigenvalue weighted by atomic mass is 16.1. The van der Waals surface area contributed by atoms with E-state index >= 15 is 0 Å². The van der Waals surface area contributed by atoms with Crippen molar-refractivity contribution in [1.82, 2.24) is 0 Å². The number of hydrogen-bond acceptors (Lipinski definition) is 3. The number of anilines is 1. The molecule has 0 heterocycles. The largest absolute Gasteiger partial charge is 0.378 e. The molecule has 3 heteroatoms. The summed E-state index contributed by atoms with van der Waals surface area (Å²) in [6, 6.07) is 9.43. The minimum absolute atomic E-state index is 0.132. The summed E-state index contributed by atoms with van der Waals surface area (Å²) in [4.78, 5) is 12.4. The van der Waals surface area contributed by atoms with Gasteiger partial charge < -0.3 is 4.90 Å². The monoisotopic (exact) mass is 200 g/mol. The number of allylic oxidation sites excluding steroid dienone is 1. The fraction of sp³-hybridized carbons (Fsp3) is 0.167. The minimum Gasteiger partial charge on any atom is -0.378 e. The smallest absolute Gasteiger partial charge is 0.160 e. The zero-order valence-electron chi connectivity index (χ0n) is 8.77. The van der Waals surface area contributed by atoms with Gasteiger partial charge in [0.1, 0.15) is 6.07 Å². The van der Waals surface area contributed by atoms with Crippen molar-refractivity contribution in [2.24, 2.45) is 0 Å². The first-order chi connectivity index (χ1) is 7.17. The van der Waals surface area contributed by atoms with E-state index in [1.54, 1.807) is 6.08 Å². The summed E-state index contributed by atoms with van der Waals surface area (Å²) in [5.41, 5.74) is 2.06. The van der Waals surface area contributed by atoms with Crippen LogP contribution in [0.1, 0.15) is 5.56 Å². The van der Waals surface area contributed by atoms with Gasteiger partial charge in [-0.1, -0.05) is 12.1 Å². The summed E-state index contributed by atoms with van der Waals surface area (Å²) in [6.07, 6.45) is 2.12. The summed E-state index contributed by atoms with van der Waals surface area (Å²) >= 11 is 0. The van der Waals surface area contributed by atoms with Crippen LogP contribution in [0.5, 0.6) is 0 Å². The molecule has 0 aliphatic heterocycles. The molecule has 15 heavy (non-hydrogen) atoms. The third kappa shape index (κ3) is 2.96. The molecule has 0 spiro atoms. The van der Waals surface area contributed by atoms with Crippen LogP contribution >= 0.6 is 0 Å². The Morgan fingerprint density at radius 3 is 2.33 bits per heavy atom.